The van der Waals surface area contributed by atoms with Crippen LogP contribution in [0.25, 0.3) is 9.75 Å². The van der Waals surface area contributed by atoms with Crippen LogP contribution in [0.1, 0.15) is 13.3 Å². The van der Waals surface area contributed by atoms with Crippen LogP contribution in [0, 0.1) is 0 Å². The van der Waals surface area contributed by atoms with Crippen LogP contribution >= 0.6 is 34.3 Å². The average molecular weight is 576 g/mol. The molecule has 0 aromatic carbocycles. The van der Waals surface area contributed by atoms with Gasteiger partial charge in [0.05, 0.1) is 24.7 Å². The molecule has 4 heterocycles. The van der Waals surface area contributed by atoms with Crippen LogP contribution in [0.3, 0.4) is 0 Å². The molecule has 0 spiro atoms. The van der Waals surface area contributed by atoms with E-state index in [0.29, 0.717) is 35.5 Å². The number of hydrogen-bond acceptors (Lipinski definition) is 9. The van der Waals surface area contributed by atoms with Gasteiger partial charge in [-0.1, -0.05) is 11.6 Å². The van der Waals surface area contributed by atoms with E-state index in [9.17, 15) is 22.8 Å². The molecule has 0 bridgehead atoms. The monoisotopic (exact) mass is 575 g/mol. The summed E-state index contributed by atoms with van der Waals surface area (Å²) >= 11 is 8.37. The molecule has 36 heavy (non-hydrogen) atoms. The summed E-state index contributed by atoms with van der Waals surface area (Å²) in [6.07, 6.45) is 0.147. The molecule has 2 aromatic rings. The highest BCUT2D eigenvalue weighted by Crippen LogP contribution is 2.38. The second-order valence-corrected chi connectivity index (χ2v) is 13.2. The van der Waals surface area contributed by atoms with Crippen molar-refractivity contribution in [1.82, 2.24) is 14.1 Å². The van der Waals surface area contributed by atoms with E-state index in [0.717, 1.165) is 27.6 Å². The van der Waals surface area contributed by atoms with Crippen molar-refractivity contribution in [2.75, 3.05) is 46.5 Å². The van der Waals surface area contributed by atoms with Gasteiger partial charge in [0, 0.05) is 29.4 Å². The van der Waals surface area contributed by atoms with Crippen molar-refractivity contribution in [1.29, 1.82) is 0 Å². The Balaban J connectivity index is 1.58. The minimum atomic E-state index is -4.23. The van der Waals surface area contributed by atoms with Crippen molar-refractivity contribution >= 4 is 62.1 Å². The number of hydrogen-bond donors (Lipinski definition) is 0. The van der Waals surface area contributed by atoms with Crippen molar-refractivity contribution in [2.24, 2.45) is 0 Å². The highest BCUT2D eigenvalue weighted by molar-refractivity contribution is 7.91. The number of rotatable bonds is 8. The van der Waals surface area contributed by atoms with Crippen LogP contribution in [0.4, 0.5) is 0 Å². The number of amides is 2. The zero-order valence-electron chi connectivity index (χ0n) is 19.7. The molecular formula is C22H26ClN3O7S3. The number of halogens is 1. The molecule has 0 N–H and O–H groups in total. The maximum atomic E-state index is 13.7. The van der Waals surface area contributed by atoms with E-state index >= 15 is 0 Å². The molecule has 10 nitrogen and oxygen atoms in total. The summed E-state index contributed by atoms with van der Waals surface area (Å²) in [6, 6.07) is 4.75. The number of esters is 1. The fourth-order valence-electron chi connectivity index (χ4n) is 4.23. The number of nitrogens with zero attached hydrogens (tertiary/aromatic N) is 3. The van der Waals surface area contributed by atoms with Crippen LogP contribution < -0.4 is 0 Å². The molecule has 0 saturated carbocycles. The number of likely N-dealkylation sites (tertiary alicyclic amines) is 1. The molecule has 0 aliphatic carbocycles. The molecule has 2 aliphatic heterocycles. The standard InChI is InChI=1S/C22H26ClN3O7S3/c1-14(21(28)24-9-11-33-12-10-24)25-8-7-15(22(25)29)26(13-19(27)32-2)36(30,31)20-6-4-17(35-20)16-3-5-18(23)34-16/h3-6,14-15H,7-13H2,1-2H3/t14-,15-/m0/s1. The molecule has 2 fully saturated rings. The normalized spacial score (nSPS) is 19.7. The number of carbonyl (C=O) groups excluding carboxylic acids is 3. The van der Waals surface area contributed by atoms with Crippen molar-refractivity contribution in [2.45, 2.75) is 29.6 Å². The van der Waals surface area contributed by atoms with Gasteiger partial charge in [-0.2, -0.15) is 4.31 Å². The number of sulfonamides is 1. The van der Waals surface area contributed by atoms with Gasteiger partial charge in [-0.3, -0.25) is 14.4 Å². The van der Waals surface area contributed by atoms with Gasteiger partial charge in [0.25, 0.3) is 10.0 Å². The minimum Gasteiger partial charge on any atom is -0.468 e. The van der Waals surface area contributed by atoms with E-state index in [1.807, 2.05) is 0 Å². The van der Waals surface area contributed by atoms with E-state index in [4.69, 9.17) is 21.1 Å². The largest absolute Gasteiger partial charge is 0.468 e. The van der Waals surface area contributed by atoms with Gasteiger partial charge in [0.1, 0.15) is 22.8 Å². The molecule has 2 amide bonds. The smallest absolute Gasteiger partial charge is 0.321 e. The maximum absolute atomic E-state index is 13.7. The lowest BCUT2D eigenvalue weighted by molar-refractivity contribution is -0.147. The van der Waals surface area contributed by atoms with Gasteiger partial charge < -0.3 is 19.3 Å². The fraction of sp³-hybridized carbons (Fsp3) is 0.500. The quantitative estimate of drug-likeness (QED) is 0.443. The van der Waals surface area contributed by atoms with Gasteiger partial charge in [0.2, 0.25) is 11.8 Å². The second kappa shape index (κ2) is 11.2. The van der Waals surface area contributed by atoms with Crippen molar-refractivity contribution in [3.63, 3.8) is 0 Å². The van der Waals surface area contributed by atoms with E-state index in [-0.39, 0.29) is 23.1 Å². The van der Waals surface area contributed by atoms with Gasteiger partial charge in [-0.05, 0) is 37.6 Å². The Kier molecular flexibility index (Phi) is 8.37. The van der Waals surface area contributed by atoms with Crippen molar-refractivity contribution < 1.29 is 32.3 Å². The summed E-state index contributed by atoms with van der Waals surface area (Å²) in [5.41, 5.74) is 0. The molecule has 2 aliphatic rings. The van der Waals surface area contributed by atoms with Gasteiger partial charge in [-0.15, -0.1) is 22.7 Å². The third-order valence-electron chi connectivity index (χ3n) is 6.18. The highest BCUT2D eigenvalue weighted by atomic mass is 35.5. The third kappa shape index (κ3) is 5.46. The summed E-state index contributed by atoms with van der Waals surface area (Å²) in [6.45, 7) is 2.95. The van der Waals surface area contributed by atoms with Crippen LogP contribution in [0.5, 0.6) is 0 Å². The van der Waals surface area contributed by atoms with E-state index in [2.05, 4.69) is 0 Å². The lowest BCUT2D eigenvalue weighted by Crippen LogP contribution is -2.53. The first-order valence-electron chi connectivity index (χ1n) is 11.2. The zero-order valence-corrected chi connectivity index (χ0v) is 22.9. The second-order valence-electron chi connectivity index (χ2n) is 8.30. The maximum Gasteiger partial charge on any atom is 0.321 e. The Morgan fingerprint density at radius 1 is 1.17 bits per heavy atom. The summed E-state index contributed by atoms with van der Waals surface area (Å²) in [7, 11) is -3.07. The lowest BCUT2D eigenvalue weighted by Gasteiger charge is -2.33. The van der Waals surface area contributed by atoms with Gasteiger partial charge in [0.15, 0.2) is 0 Å². The first kappa shape index (κ1) is 27.0. The Hall–Kier alpha value is -2.03. The minimum absolute atomic E-state index is 0.00498. The van der Waals surface area contributed by atoms with Crippen molar-refractivity contribution in [3.05, 3.63) is 28.6 Å². The number of ether oxygens (including phenoxy) is 2. The number of morpholine rings is 1. The van der Waals surface area contributed by atoms with Crippen LogP contribution in [0.2, 0.25) is 4.34 Å². The Morgan fingerprint density at radius 3 is 2.47 bits per heavy atom. The molecule has 0 radical (unpaired) electrons. The summed E-state index contributed by atoms with van der Waals surface area (Å²) in [5, 5.41) is 0. The van der Waals surface area contributed by atoms with Crippen LogP contribution in [-0.4, -0.2) is 98.9 Å². The molecule has 196 valence electrons. The topological polar surface area (TPSA) is 114 Å². The SMILES string of the molecule is COC(=O)CN([C@H]1CCN([C@@H](C)C(=O)N2CCOCC2)C1=O)S(=O)(=O)c1ccc(-c2ccc(Cl)s2)s1. The van der Waals surface area contributed by atoms with Gasteiger partial charge in [-0.25, -0.2) is 8.42 Å². The lowest BCUT2D eigenvalue weighted by atomic mass is 10.2. The van der Waals surface area contributed by atoms with E-state index in [1.165, 1.54) is 22.3 Å². The van der Waals surface area contributed by atoms with Gasteiger partial charge >= 0.3 is 5.97 Å². The molecule has 2 atom stereocenters. The summed E-state index contributed by atoms with van der Waals surface area (Å²) in [4.78, 5) is 43.1. The summed E-state index contributed by atoms with van der Waals surface area (Å²) in [5.74, 6) is -1.52. The highest BCUT2D eigenvalue weighted by Gasteiger charge is 2.46. The zero-order chi connectivity index (χ0) is 26.0. The third-order valence-corrected chi connectivity index (χ3v) is 11.0. The summed E-state index contributed by atoms with van der Waals surface area (Å²) < 4.78 is 38.8. The first-order valence-corrected chi connectivity index (χ1v) is 14.7. The number of carbonyl (C=O) groups is 3. The molecule has 2 saturated heterocycles. The molecule has 4 rings (SSSR count). The molecule has 14 heteroatoms. The first-order chi connectivity index (χ1) is 17.1. The van der Waals surface area contributed by atoms with Crippen LogP contribution in [0.15, 0.2) is 28.5 Å². The number of thiophene rings is 2. The fourth-order valence-corrected chi connectivity index (χ4v) is 8.35. The molecular weight excluding hydrogens is 550 g/mol. The Labute approximate surface area is 222 Å². The van der Waals surface area contributed by atoms with E-state index in [1.54, 1.807) is 30.0 Å². The van der Waals surface area contributed by atoms with Crippen LogP contribution in [-0.2, 0) is 33.9 Å². The van der Waals surface area contributed by atoms with E-state index < -0.39 is 40.5 Å². The van der Waals surface area contributed by atoms with Crippen molar-refractivity contribution in [3.8, 4) is 9.75 Å². The average Bonchev–Trinajstić information content (AvgIpc) is 3.62. The predicted octanol–water partition coefficient (Wildman–Crippen LogP) is 2.14. The Bertz CT molecular complexity index is 1240. The molecule has 2 aromatic heterocycles. The predicted molar refractivity (Wildman–Crippen MR) is 136 cm³/mol. The molecule has 0 unspecified atom stereocenters. The number of methoxy groups -OCH3 is 1. The Morgan fingerprint density at radius 2 is 1.83 bits per heavy atom.